The van der Waals surface area contributed by atoms with Gasteiger partial charge in [0.25, 0.3) is 5.91 Å². The Hall–Kier alpha value is -12.5. The van der Waals surface area contributed by atoms with E-state index in [0.717, 1.165) is 123 Å². The van der Waals surface area contributed by atoms with Crippen LogP contribution in [0.15, 0.2) is 218 Å². The fraction of sp³-hybridized carbons (Fsp3) is 0.253. The van der Waals surface area contributed by atoms with Gasteiger partial charge in [0.05, 0.1) is 12.7 Å². The first-order valence-electron chi connectivity index (χ1n) is 38.4. The number of rotatable bonds is 32. The van der Waals surface area contributed by atoms with E-state index in [0.29, 0.717) is 60.9 Å². The minimum absolute atomic E-state index is 0.175. The summed E-state index contributed by atoms with van der Waals surface area (Å²) in [6.07, 6.45) is 0. The maximum absolute atomic E-state index is 13.1. The van der Waals surface area contributed by atoms with E-state index in [1.54, 1.807) is 24.3 Å². The number of carbonyl (C=O) groups is 2. The predicted octanol–water partition coefficient (Wildman–Crippen LogP) is 21.9. The van der Waals surface area contributed by atoms with E-state index in [-0.39, 0.29) is 50.8 Å². The molecule has 15 heteroatoms. The Morgan fingerprint density at radius 1 is 0.246 bits per heavy atom. The molecular formula is C99H104N2O13. The molecule has 0 fully saturated rings. The Morgan fingerprint density at radius 2 is 0.447 bits per heavy atom. The van der Waals surface area contributed by atoms with Gasteiger partial charge in [-0.25, -0.2) is 10.6 Å². The first-order valence-corrected chi connectivity index (χ1v) is 38.4. The number of carbonyl (C=O) groups excluding carboxylic acids is 2. The molecule has 0 aliphatic heterocycles. The molecule has 12 rings (SSSR count). The quantitative estimate of drug-likeness (QED) is 0.0176. The number of esters is 1. The number of aryl methyl sites for hydroxylation is 8. The van der Waals surface area contributed by atoms with Gasteiger partial charge in [-0.15, -0.1) is 0 Å². The average Bonchev–Trinajstić information content (AvgIpc) is 0.803. The van der Waals surface area contributed by atoms with E-state index in [2.05, 4.69) is 137 Å². The SMILES string of the molecule is COC(=O)c1cc(OCc2cc(C)c(C)c(OCc3ccccc3)c2)c(OCc2cc(C)c(C)c(C)c2)c(OCc2cc(C)c(C)c(OCc3ccccc3)c2)c1.Cc1cc(COc2c(OCc3cc(C)c(C)c(OCc4ccccc4)c3)cc(C(=O)NN)cc2OCc2cc(C)c(C)c(OCc3ccccc3)c2)cc(C)c1C. The summed E-state index contributed by atoms with van der Waals surface area (Å²) in [6.45, 7) is 32.1. The summed E-state index contributed by atoms with van der Waals surface area (Å²) in [7, 11) is 1.36. The lowest BCUT2D eigenvalue weighted by Crippen LogP contribution is -2.30. The smallest absolute Gasteiger partial charge is 0.338 e. The molecule has 0 aromatic heterocycles. The summed E-state index contributed by atoms with van der Waals surface area (Å²) in [6, 6.07) is 71.7. The fourth-order valence-electron chi connectivity index (χ4n) is 13.2. The molecule has 0 unspecified atom stereocenters. The lowest BCUT2D eigenvalue weighted by molar-refractivity contribution is 0.0599. The molecule has 0 heterocycles. The van der Waals surface area contributed by atoms with E-state index in [1.165, 1.54) is 40.5 Å². The Morgan fingerprint density at radius 3 is 0.684 bits per heavy atom. The van der Waals surface area contributed by atoms with Crippen LogP contribution in [-0.2, 0) is 70.8 Å². The molecule has 0 aliphatic rings. The molecule has 1 amide bonds. The van der Waals surface area contributed by atoms with Crippen molar-refractivity contribution in [2.45, 2.75) is 163 Å². The average molecular weight is 1530 g/mol. The number of methoxy groups -OCH3 is 1. The number of nitrogens with two attached hydrogens (primary N) is 1. The minimum atomic E-state index is -0.522. The summed E-state index contributed by atoms with van der Waals surface area (Å²) < 4.78 is 69.7. The van der Waals surface area contributed by atoms with Crippen molar-refractivity contribution in [2.75, 3.05) is 7.11 Å². The highest BCUT2D eigenvalue weighted by atomic mass is 16.6. The summed E-state index contributed by atoms with van der Waals surface area (Å²) in [5.41, 5.74) is 28.5. The lowest BCUT2D eigenvalue weighted by atomic mass is 10.0. The van der Waals surface area contributed by atoms with Gasteiger partial charge in [0.15, 0.2) is 23.0 Å². The highest BCUT2D eigenvalue weighted by Crippen LogP contribution is 2.44. The van der Waals surface area contributed by atoms with Crippen LogP contribution >= 0.6 is 0 Å². The van der Waals surface area contributed by atoms with Crippen molar-refractivity contribution >= 4 is 11.9 Å². The molecule has 0 atom stereocenters. The van der Waals surface area contributed by atoms with Crippen molar-refractivity contribution in [1.29, 1.82) is 0 Å². The van der Waals surface area contributed by atoms with E-state index in [9.17, 15) is 9.59 Å². The number of hydrogen-bond acceptors (Lipinski definition) is 14. The fourth-order valence-corrected chi connectivity index (χ4v) is 13.2. The predicted molar refractivity (Wildman–Crippen MR) is 450 cm³/mol. The van der Waals surface area contributed by atoms with Crippen molar-refractivity contribution in [1.82, 2.24) is 5.43 Å². The Labute approximate surface area is 671 Å². The van der Waals surface area contributed by atoms with E-state index in [1.807, 2.05) is 159 Å². The molecule has 0 saturated heterocycles. The second-order valence-corrected chi connectivity index (χ2v) is 29.3. The second-order valence-electron chi connectivity index (χ2n) is 29.3. The molecule has 0 saturated carbocycles. The van der Waals surface area contributed by atoms with Gasteiger partial charge in [-0.05, 0) is 279 Å². The lowest BCUT2D eigenvalue weighted by Gasteiger charge is -2.20. The van der Waals surface area contributed by atoms with Crippen LogP contribution in [0.2, 0.25) is 0 Å². The molecule has 588 valence electrons. The number of hydrogen-bond donors (Lipinski definition) is 2. The third kappa shape index (κ3) is 22.0. The topological polar surface area (TPSA) is 174 Å². The Kier molecular flexibility index (Phi) is 28.3. The van der Waals surface area contributed by atoms with E-state index in [4.69, 9.17) is 57.9 Å². The zero-order valence-corrected chi connectivity index (χ0v) is 68.2. The summed E-state index contributed by atoms with van der Waals surface area (Å²) in [5, 5.41) is 0. The highest BCUT2D eigenvalue weighted by molar-refractivity contribution is 5.95. The van der Waals surface area contributed by atoms with Gasteiger partial charge in [-0.2, -0.15) is 0 Å². The normalized spacial score (nSPS) is 10.9. The molecule has 0 aliphatic carbocycles. The highest BCUT2D eigenvalue weighted by Gasteiger charge is 2.24. The van der Waals surface area contributed by atoms with Crippen LogP contribution < -0.4 is 58.6 Å². The zero-order chi connectivity index (χ0) is 81.0. The van der Waals surface area contributed by atoms with E-state index < -0.39 is 11.9 Å². The molecule has 0 spiro atoms. The van der Waals surface area contributed by atoms with Crippen molar-refractivity contribution in [3.63, 3.8) is 0 Å². The van der Waals surface area contributed by atoms with Gasteiger partial charge >= 0.3 is 5.97 Å². The minimum Gasteiger partial charge on any atom is -0.489 e. The monoisotopic (exact) mass is 1530 g/mol. The van der Waals surface area contributed by atoms with Gasteiger partial charge in [0.1, 0.15) is 89.1 Å². The number of amides is 1. The molecule has 0 radical (unpaired) electrons. The first-order chi connectivity index (χ1) is 55.0. The maximum Gasteiger partial charge on any atom is 0.338 e. The van der Waals surface area contributed by atoms with Crippen molar-refractivity contribution in [2.24, 2.45) is 5.84 Å². The molecule has 0 bridgehead atoms. The Bertz CT molecular complexity index is 4710. The van der Waals surface area contributed by atoms with E-state index >= 15 is 0 Å². The summed E-state index contributed by atoms with van der Waals surface area (Å²) in [5.74, 6) is 9.88. The van der Waals surface area contributed by atoms with Crippen molar-refractivity contribution in [3.05, 3.63) is 363 Å². The van der Waals surface area contributed by atoms with Crippen LogP contribution in [0.25, 0.3) is 0 Å². The van der Waals surface area contributed by atoms with Crippen LogP contribution in [0.1, 0.15) is 154 Å². The third-order valence-electron chi connectivity index (χ3n) is 20.8. The van der Waals surface area contributed by atoms with Gasteiger partial charge in [-0.3, -0.25) is 10.2 Å². The van der Waals surface area contributed by atoms with Gasteiger partial charge < -0.3 is 52.1 Å². The van der Waals surface area contributed by atoms with Gasteiger partial charge in [0, 0.05) is 5.56 Å². The first kappa shape index (κ1) is 82.5. The van der Waals surface area contributed by atoms with Crippen LogP contribution in [0.5, 0.6) is 57.5 Å². The van der Waals surface area contributed by atoms with Crippen LogP contribution in [0, 0.1) is 96.9 Å². The largest absolute Gasteiger partial charge is 0.489 e. The number of nitrogens with one attached hydrogen (secondary N) is 1. The number of benzene rings is 12. The zero-order valence-electron chi connectivity index (χ0n) is 68.2. The number of nitrogen functional groups attached to an aromatic ring is 1. The molecule has 15 nitrogen and oxygen atoms in total. The molecule has 3 N–H and O–H groups in total. The molecule has 12 aromatic carbocycles. The van der Waals surface area contributed by atoms with Crippen molar-refractivity contribution < 1.29 is 61.7 Å². The van der Waals surface area contributed by atoms with Crippen molar-refractivity contribution in [3.8, 4) is 57.5 Å². The molecule has 12 aromatic rings. The van der Waals surface area contributed by atoms with Crippen LogP contribution in [-0.4, -0.2) is 19.0 Å². The summed E-state index contributed by atoms with van der Waals surface area (Å²) in [4.78, 5) is 26.2. The molecule has 114 heavy (non-hydrogen) atoms. The third-order valence-corrected chi connectivity index (χ3v) is 20.8. The van der Waals surface area contributed by atoms with Gasteiger partial charge in [-0.1, -0.05) is 170 Å². The number of hydrazine groups is 1. The standard InChI is InChI=1S/C50H52O7.C49H52N2O6/c1-32-19-41(20-33(2)36(32)5)31-57-49-47(55-29-42-21-34(3)37(6)45(23-42)53-27-39-15-11-9-12-16-39)25-44(50(51)52-8)26-48(49)56-30-43-22-35(4)38(7)46(24-43)54-28-40-17-13-10-14-18-40;1-31-18-40(19-32(2)35(31)5)30-57-48-46(55-28-41-20-33(3)36(6)44(22-41)53-26-38-14-10-8-11-15-38)24-43(49(52)51-50)25-47(48)56-29-42-21-34(4)37(7)45(23-42)54-27-39-16-12-9-13-17-39/h9-26H,27-31H2,1-8H3;8-25H,26-30,50H2,1-7H3,(H,51,52). The van der Waals surface area contributed by atoms with Gasteiger partial charge in [0.2, 0.25) is 11.5 Å². The number of ether oxygens (including phenoxy) is 11. The summed E-state index contributed by atoms with van der Waals surface area (Å²) >= 11 is 0. The molecular weight excluding hydrogens is 1430 g/mol. The second kappa shape index (κ2) is 39.1. The maximum atomic E-state index is 13.1. The Balaban J connectivity index is 0.000000225. The van der Waals surface area contributed by atoms with Crippen LogP contribution in [0.4, 0.5) is 0 Å². The van der Waals surface area contributed by atoms with Crippen LogP contribution in [0.3, 0.4) is 0 Å².